The molecule has 1 heterocycles. The van der Waals surface area contributed by atoms with Gasteiger partial charge in [0, 0.05) is 20.1 Å². The van der Waals surface area contributed by atoms with Crippen molar-refractivity contribution in [3.8, 4) is 5.75 Å². The van der Waals surface area contributed by atoms with E-state index in [-0.39, 0.29) is 18.7 Å². The van der Waals surface area contributed by atoms with E-state index in [9.17, 15) is 4.79 Å². The Morgan fingerprint density at radius 1 is 1.50 bits per heavy atom. The number of benzene rings is 1. The molecule has 0 saturated carbocycles. The minimum Gasteiger partial charge on any atom is -0.497 e. The molecule has 1 fully saturated rings. The van der Waals surface area contributed by atoms with Gasteiger partial charge in [0.2, 0.25) is 0 Å². The summed E-state index contributed by atoms with van der Waals surface area (Å²) in [5.41, 5.74) is 1.03. The first-order valence-corrected chi connectivity index (χ1v) is 5.94. The number of carbonyl (C=O) groups is 1. The first-order valence-electron chi connectivity index (χ1n) is 5.94. The maximum Gasteiger partial charge on any atom is 0.320 e. The lowest BCUT2D eigenvalue weighted by atomic mass is 10.1. The van der Waals surface area contributed by atoms with Crippen LogP contribution in [0.2, 0.25) is 0 Å². The summed E-state index contributed by atoms with van der Waals surface area (Å²) in [5, 5.41) is 9.06. The maximum atomic E-state index is 11.9. The fraction of sp³-hybridized carbons (Fsp3) is 0.462. The van der Waals surface area contributed by atoms with Crippen LogP contribution in [0, 0.1) is 0 Å². The number of hydrogen-bond donors (Lipinski definition) is 1. The molecule has 2 amide bonds. The molecule has 0 bridgehead atoms. The molecule has 18 heavy (non-hydrogen) atoms. The van der Waals surface area contributed by atoms with Gasteiger partial charge >= 0.3 is 6.03 Å². The Bertz CT molecular complexity index is 436. The highest BCUT2D eigenvalue weighted by Gasteiger charge is 2.35. The average molecular weight is 250 g/mol. The zero-order valence-corrected chi connectivity index (χ0v) is 10.7. The number of hydrogen-bond acceptors (Lipinski definition) is 3. The lowest BCUT2D eigenvalue weighted by Crippen LogP contribution is -2.33. The molecule has 0 aliphatic carbocycles. The topological polar surface area (TPSA) is 53.0 Å². The molecule has 1 aliphatic heterocycles. The van der Waals surface area contributed by atoms with Gasteiger partial charge in [0.1, 0.15) is 5.75 Å². The number of aliphatic hydroxyl groups excluding tert-OH is 1. The molecule has 1 saturated heterocycles. The van der Waals surface area contributed by atoms with Crippen molar-refractivity contribution in [3.63, 3.8) is 0 Å². The molecular weight excluding hydrogens is 232 g/mol. The van der Waals surface area contributed by atoms with Crippen LogP contribution in [0.4, 0.5) is 4.79 Å². The number of nitrogens with zero attached hydrogens (tertiary/aromatic N) is 2. The van der Waals surface area contributed by atoms with Gasteiger partial charge in [-0.2, -0.15) is 0 Å². The van der Waals surface area contributed by atoms with Crippen molar-refractivity contribution < 1.29 is 14.6 Å². The van der Waals surface area contributed by atoms with E-state index >= 15 is 0 Å². The first-order chi connectivity index (χ1) is 8.67. The number of likely N-dealkylation sites (N-methyl/N-ethyl adjacent to an activating group) is 1. The lowest BCUT2D eigenvalue weighted by Gasteiger charge is -2.22. The van der Waals surface area contributed by atoms with Gasteiger partial charge in [-0.3, -0.25) is 0 Å². The van der Waals surface area contributed by atoms with Gasteiger partial charge in [0.25, 0.3) is 0 Å². The van der Waals surface area contributed by atoms with Crippen molar-refractivity contribution >= 4 is 6.03 Å². The average Bonchev–Trinajstić information content (AvgIpc) is 2.68. The molecule has 0 aromatic heterocycles. The van der Waals surface area contributed by atoms with Crippen LogP contribution < -0.4 is 4.74 Å². The number of carbonyl (C=O) groups excluding carboxylic acids is 1. The SMILES string of the molecule is COc1cccc(C2CN(C)C(=O)N2CCO)c1. The monoisotopic (exact) mass is 250 g/mol. The second kappa shape index (κ2) is 5.27. The molecule has 1 unspecified atom stereocenters. The van der Waals surface area contributed by atoms with Crippen LogP contribution in [0.3, 0.4) is 0 Å². The first kappa shape index (κ1) is 12.7. The molecule has 1 aromatic rings. The summed E-state index contributed by atoms with van der Waals surface area (Å²) in [6.45, 7) is 0.955. The number of amides is 2. The van der Waals surface area contributed by atoms with E-state index in [1.54, 1.807) is 24.0 Å². The predicted molar refractivity (Wildman–Crippen MR) is 67.6 cm³/mol. The zero-order chi connectivity index (χ0) is 13.1. The maximum absolute atomic E-state index is 11.9. The summed E-state index contributed by atoms with van der Waals surface area (Å²) in [6.07, 6.45) is 0. The third kappa shape index (κ3) is 2.26. The van der Waals surface area contributed by atoms with Gasteiger partial charge in [-0.1, -0.05) is 12.1 Å². The van der Waals surface area contributed by atoms with Gasteiger partial charge in [0.05, 0.1) is 19.8 Å². The minimum atomic E-state index is -0.0446. The van der Waals surface area contributed by atoms with Gasteiger partial charge in [-0.05, 0) is 17.7 Å². The van der Waals surface area contributed by atoms with Crippen LogP contribution in [-0.2, 0) is 0 Å². The summed E-state index contributed by atoms with van der Waals surface area (Å²) < 4.78 is 5.20. The number of methoxy groups -OCH3 is 1. The number of rotatable bonds is 4. The molecule has 0 radical (unpaired) electrons. The second-order valence-electron chi connectivity index (χ2n) is 4.37. The predicted octanol–water partition coefficient (Wildman–Crippen LogP) is 1.10. The molecule has 1 N–H and O–H groups in total. The van der Waals surface area contributed by atoms with Gasteiger partial charge in [0.15, 0.2) is 0 Å². The number of β-amino-alcohol motifs (C(OH)–C–C–N with tert-alkyl or cyclic N) is 1. The molecular formula is C13H18N2O3. The largest absolute Gasteiger partial charge is 0.497 e. The number of aliphatic hydroxyl groups is 1. The zero-order valence-electron chi connectivity index (χ0n) is 10.7. The number of urea groups is 1. The standard InChI is InChI=1S/C13H18N2O3/c1-14-9-12(15(6-7-16)13(14)17)10-4-3-5-11(8-10)18-2/h3-5,8,12,16H,6-7,9H2,1-2H3. The third-order valence-electron chi connectivity index (χ3n) is 3.21. The van der Waals surface area contributed by atoms with Crippen LogP contribution in [0.5, 0.6) is 5.75 Å². The van der Waals surface area contributed by atoms with Gasteiger partial charge < -0.3 is 19.6 Å². The summed E-state index contributed by atoms with van der Waals surface area (Å²) in [5.74, 6) is 0.776. The van der Waals surface area contributed by atoms with Gasteiger partial charge in [-0.25, -0.2) is 4.79 Å². The van der Waals surface area contributed by atoms with Crippen molar-refractivity contribution in [1.82, 2.24) is 9.80 Å². The quantitative estimate of drug-likeness (QED) is 0.870. The molecule has 5 heteroatoms. The van der Waals surface area contributed by atoms with Crippen molar-refractivity contribution in [2.24, 2.45) is 0 Å². The van der Waals surface area contributed by atoms with E-state index in [4.69, 9.17) is 9.84 Å². The Hall–Kier alpha value is -1.75. The molecule has 0 spiro atoms. The molecule has 98 valence electrons. The third-order valence-corrected chi connectivity index (χ3v) is 3.21. The second-order valence-corrected chi connectivity index (χ2v) is 4.37. The molecule has 1 aromatic carbocycles. The van der Waals surface area contributed by atoms with Crippen molar-refractivity contribution in [2.75, 3.05) is 33.9 Å². The fourth-order valence-electron chi connectivity index (χ4n) is 2.28. The van der Waals surface area contributed by atoms with Crippen molar-refractivity contribution in [2.45, 2.75) is 6.04 Å². The molecule has 2 rings (SSSR count). The normalized spacial score (nSPS) is 19.5. The Labute approximate surface area is 107 Å². The summed E-state index contributed by atoms with van der Waals surface area (Å²) in [6, 6.07) is 7.63. The Balaban J connectivity index is 2.27. The van der Waals surface area contributed by atoms with Crippen LogP contribution in [0.1, 0.15) is 11.6 Å². The van der Waals surface area contributed by atoms with Crippen LogP contribution in [0.25, 0.3) is 0 Å². The molecule has 1 aliphatic rings. The van der Waals surface area contributed by atoms with Crippen molar-refractivity contribution in [1.29, 1.82) is 0 Å². The highest BCUT2D eigenvalue weighted by atomic mass is 16.5. The number of ether oxygens (including phenoxy) is 1. The smallest absolute Gasteiger partial charge is 0.320 e. The van der Waals surface area contributed by atoms with E-state index in [0.717, 1.165) is 11.3 Å². The summed E-state index contributed by atoms with van der Waals surface area (Å²) in [4.78, 5) is 15.3. The Morgan fingerprint density at radius 2 is 2.28 bits per heavy atom. The van der Waals surface area contributed by atoms with Crippen LogP contribution in [0.15, 0.2) is 24.3 Å². The van der Waals surface area contributed by atoms with E-state index in [1.165, 1.54) is 0 Å². The Morgan fingerprint density at radius 3 is 2.94 bits per heavy atom. The highest BCUT2D eigenvalue weighted by molar-refractivity contribution is 5.77. The summed E-state index contributed by atoms with van der Waals surface area (Å²) in [7, 11) is 3.39. The van der Waals surface area contributed by atoms with E-state index < -0.39 is 0 Å². The lowest BCUT2D eigenvalue weighted by molar-refractivity contribution is 0.171. The van der Waals surface area contributed by atoms with Crippen LogP contribution >= 0.6 is 0 Å². The van der Waals surface area contributed by atoms with Crippen molar-refractivity contribution in [3.05, 3.63) is 29.8 Å². The summed E-state index contributed by atoms with van der Waals surface area (Å²) >= 11 is 0. The van der Waals surface area contributed by atoms with E-state index in [1.807, 2.05) is 24.3 Å². The van der Waals surface area contributed by atoms with E-state index in [2.05, 4.69) is 0 Å². The van der Waals surface area contributed by atoms with Gasteiger partial charge in [-0.15, -0.1) is 0 Å². The minimum absolute atomic E-state index is 0.0234. The van der Waals surface area contributed by atoms with Crippen LogP contribution in [-0.4, -0.2) is 54.8 Å². The molecule has 5 nitrogen and oxygen atoms in total. The highest BCUT2D eigenvalue weighted by Crippen LogP contribution is 2.30. The Kier molecular flexibility index (Phi) is 3.72. The fourth-order valence-corrected chi connectivity index (χ4v) is 2.28. The molecule has 1 atom stereocenters. The van der Waals surface area contributed by atoms with E-state index in [0.29, 0.717) is 13.1 Å².